The first-order valence-corrected chi connectivity index (χ1v) is 11.7. The zero-order valence-corrected chi connectivity index (χ0v) is 21.2. The van der Waals surface area contributed by atoms with E-state index in [9.17, 15) is 36.2 Å². The first kappa shape index (κ1) is 31.8. The van der Waals surface area contributed by atoms with E-state index >= 15 is 0 Å². The number of carboxylic acids is 1. The minimum absolute atomic E-state index is 0.0582. The van der Waals surface area contributed by atoms with Gasteiger partial charge in [-0.1, -0.05) is 30.0 Å². The van der Waals surface area contributed by atoms with Gasteiger partial charge in [-0.15, -0.1) is 0 Å². The van der Waals surface area contributed by atoms with Gasteiger partial charge < -0.3 is 24.1 Å². The minimum atomic E-state index is -4.68. The van der Waals surface area contributed by atoms with Crippen molar-refractivity contribution in [3.63, 3.8) is 0 Å². The molecular formula is C27H28F6O6. The number of halogens is 6. The highest BCUT2D eigenvalue weighted by Crippen LogP contribution is 2.31. The fourth-order valence-electron chi connectivity index (χ4n) is 3.27. The number of aliphatic carboxylic acids is 1. The van der Waals surface area contributed by atoms with Gasteiger partial charge in [0.1, 0.15) is 24.7 Å². The summed E-state index contributed by atoms with van der Waals surface area (Å²) in [5.41, 5.74) is -0.687. The predicted octanol–water partition coefficient (Wildman–Crippen LogP) is 5.79. The number of ether oxygens (including phenoxy) is 4. The topological polar surface area (TPSA) is 74.2 Å². The molecule has 39 heavy (non-hydrogen) atoms. The fourth-order valence-corrected chi connectivity index (χ4v) is 3.27. The van der Waals surface area contributed by atoms with Crippen molar-refractivity contribution >= 4 is 5.97 Å². The Hall–Kier alpha value is -3.43. The lowest BCUT2D eigenvalue weighted by Gasteiger charge is -2.29. The van der Waals surface area contributed by atoms with E-state index in [-0.39, 0.29) is 25.4 Å². The first-order valence-electron chi connectivity index (χ1n) is 11.7. The SMILES string of the molecule is CCO[C@@H](Cc1ccc(OC/C=C(\C)C#CC2(OCC(F)(F)F)C=CC=C(OCC(F)(F)F)C2)cc1)C(=O)O. The van der Waals surface area contributed by atoms with Crippen molar-refractivity contribution in [3.05, 3.63) is 65.5 Å². The van der Waals surface area contributed by atoms with Crippen LogP contribution in [0.5, 0.6) is 5.75 Å². The van der Waals surface area contributed by atoms with Crippen molar-refractivity contribution in [2.24, 2.45) is 0 Å². The summed E-state index contributed by atoms with van der Waals surface area (Å²) in [6.07, 6.45) is -5.27. The van der Waals surface area contributed by atoms with E-state index in [2.05, 4.69) is 11.8 Å². The molecule has 1 aromatic carbocycles. The summed E-state index contributed by atoms with van der Waals surface area (Å²) >= 11 is 0. The fraction of sp³-hybridized carbons (Fsp3) is 0.444. The molecule has 12 heteroatoms. The summed E-state index contributed by atoms with van der Waals surface area (Å²) < 4.78 is 96.4. The maximum absolute atomic E-state index is 12.8. The molecule has 2 rings (SSSR count). The summed E-state index contributed by atoms with van der Waals surface area (Å²) in [4.78, 5) is 11.2. The Morgan fingerprint density at radius 1 is 1.10 bits per heavy atom. The Morgan fingerprint density at radius 2 is 1.77 bits per heavy atom. The van der Waals surface area contributed by atoms with Crippen LogP contribution in [0.3, 0.4) is 0 Å². The summed E-state index contributed by atoms with van der Waals surface area (Å²) in [5, 5.41) is 9.18. The Morgan fingerprint density at radius 3 is 2.36 bits per heavy atom. The average molecular weight is 563 g/mol. The van der Waals surface area contributed by atoms with Crippen molar-refractivity contribution in [1.82, 2.24) is 0 Å². The van der Waals surface area contributed by atoms with Crippen LogP contribution in [0.4, 0.5) is 26.3 Å². The number of allylic oxidation sites excluding steroid dienone is 3. The molecule has 1 aromatic rings. The molecule has 6 nitrogen and oxygen atoms in total. The lowest BCUT2D eigenvalue weighted by atomic mass is 9.93. The van der Waals surface area contributed by atoms with E-state index in [0.717, 1.165) is 5.56 Å². The van der Waals surface area contributed by atoms with Gasteiger partial charge in [-0.05, 0) is 55.3 Å². The molecule has 1 unspecified atom stereocenters. The molecule has 0 saturated carbocycles. The van der Waals surface area contributed by atoms with E-state index in [0.29, 0.717) is 11.3 Å². The quantitative estimate of drug-likeness (QED) is 0.257. The van der Waals surface area contributed by atoms with Crippen molar-refractivity contribution in [2.45, 2.75) is 50.7 Å². The van der Waals surface area contributed by atoms with E-state index in [1.807, 2.05) is 0 Å². The van der Waals surface area contributed by atoms with E-state index < -0.39 is 49.7 Å². The zero-order chi connectivity index (χ0) is 29.1. The number of carbonyl (C=O) groups is 1. The molecule has 0 radical (unpaired) electrons. The van der Waals surface area contributed by atoms with Crippen LogP contribution >= 0.6 is 0 Å². The Kier molecular flexibility index (Phi) is 11.5. The van der Waals surface area contributed by atoms with Gasteiger partial charge in [0, 0.05) is 19.4 Å². The van der Waals surface area contributed by atoms with Crippen LogP contribution in [0.1, 0.15) is 25.8 Å². The van der Waals surface area contributed by atoms with Crippen LogP contribution in [-0.4, -0.2) is 61.6 Å². The molecule has 0 aliphatic heterocycles. The van der Waals surface area contributed by atoms with Crippen molar-refractivity contribution in [3.8, 4) is 17.6 Å². The molecule has 0 bridgehead atoms. The maximum Gasteiger partial charge on any atom is 0.422 e. The van der Waals surface area contributed by atoms with Gasteiger partial charge in [0.05, 0.1) is 0 Å². The zero-order valence-electron chi connectivity index (χ0n) is 21.2. The maximum atomic E-state index is 12.8. The van der Waals surface area contributed by atoms with Crippen molar-refractivity contribution < 1.29 is 55.2 Å². The Bertz CT molecular complexity index is 1110. The van der Waals surface area contributed by atoms with Gasteiger partial charge in [0.15, 0.2) is 18.3 Å². The lowest BCUT2D eigenvalue weighted by Crippen LogP contribution is -2.35. The lowest BCUT2D eigenvalue weighted by molar-refractivity contribution is -0.191. The minimum Gasteiger partial charge on any atom is -0.490 e. The highest BCUT2D eigenvalue weighted by atomic mass is 19.4. The third kappa shape index (κ3) is 12.3. The molecule has 1 aliphatic carbocycles. The van der Waals surface area contributed by atoms with Gasteiger partial charge in [0.25, 0.3) is 0 Å². The van der Waals surface area contributed by atoms with Crippen LogP contribution in [0, 0.1) is 11.8 Å². The molecule has 2 atom stereocenters. The molecule has 0 heterocycles. The third-order valence-corrected chi connectivity index (χ3v) is 5.10. The Labute approximate surface area is 221 Å². The molecule has 1 N–H and O–H groups in total. The monoisotopic (exact) mass is 562 g/mol. The van der Waals surface area contributed by atoms with Gasteiger partial charge in [0.2, 0.25) is 0 Å². The van der Waals surface area contributed by atoms with Crippen LogP contribution in [-0.2, 0) is 25.4 Å². The van der Waals surface area contributed by atoms with Gasteiger partial charge in [-0.25, -0.2) is 4.79 Å². The van der Waals surface area contributed by atoms with E-state index in [1.165, 1.54) is 18.2 Å². The standard InChI is InChI=1S/C27H28F6O6/c1-3-36-23(24(34)35)15-20-6-8-21(9-7-20)37-14-11-19(2)10-13-25(39-18-27(31,32)33)12-4-5-22(16-25)38-17-26(28,29)30/h4-9,11-12,23H,3,14-18H2,1-2H3,(H,34,35)/b19-11+/t23-,25?/m0/s1. The summed E-state index contributed by atoms with van der Waals surface area (Å²) in [6.45, 7) is 0.359. The molecule has 0 spiro atoms. The van der Waals surface area contributed by atoms with Crippen LogP contribution in [0.25, 0.3) is 0 Å². The molecule has 0 saturated heterocycles. The summed E-state index contributed by atoms with van der Waals surface area (Å²) in [6, 6.07) is 6.70. The molecule has 0 amide bonds. The highest BCUT2D eigenvalue weighted by Gasteiger charge is 2.37. The van der Waals surface area contributed by atoms with Crippen molar-refractivity contribution in [1.29, 1.82) is 0 Å². The average Bonchev–Trinajstić information content (AvgIpc) is 2.85. The smallest absolute Gasteiger partial charge is 0.422 e. The number of alkyl halides is 6. The number of hydrogen-bond acceptors (Lipinski definition) is 5. The molecule has 0 aromatic heterocycles. The predicted molar refractivity (Wildman–Crippen MR) is 129 cm³/mol. The molecule has 214 valence electrons. The van der Waals surface area contributed by atoms with Gasteiger partial charge in [-0.2, -0.15) is 26.3 Å². The largest absolute Gasteiger partial charge is 0.490 e. The van der Waals surface area contributed by atoms with Crippen LogP contribution < -0.4 is 4.74 Å². The van der Waals surface area contributed by atoms with Crippen LogP contribution in [0.2, 0.25) is 0 Å². The second-order valence-electron chi connectivity index (χ2n) is 8.44. The Balaban J connectivity index is 2.04. The first-order chi connectivity index (χ1) is 18.2. The third-order valence-electron chi connectivity index (χ3n) is 5.10. The summed E-state index contributed by atoms with van der Waals surface area (Å²) in [7, 11) is 0. The second kappa shape index (κ2) is 14.1. The van der Waals surface area contributed by atoms with E-state index in [1.54, 1.807) is 44.2 Å². The second-order valence-corrected chi connectivity index (χ2v) is 8.44. The molecule has 1 aliphatic rings. The number of hydrogen-bond donors (Lipinski definition) is 1. The van der Waals surface area contributed by atoms with Crippen molar-refractivity contribution in [2.75, 3.05) is 26.4 Å². The number of benzene rings is 1. The number of carboxylic acid groups (broad SMARTS) is 1. The molecular weight excluding hydrogens is 534 g/mol. The number of rotatable bonds is 12. The van der Waals surface area contributed by atoms with E-state index in [4.69, 9.17) is 18.9 Å². The van der Waals surface area contributed by atoms with Crippen LogP contribution in [0.15, 0.2) is 59.9 Å². The normalized spacial score (nSPS) is 18.6. The van der Waals surface area contributed by atoms with Gasteiger partial charge in [-0.3, -0.25) is 0 Å². The summed E-state index contributed by atoms with van der Waals surface area (Å²) in [5.74, 6) is 4.47. The molecule has 0 fully saturated rings. The van der Waals surface area contributed by atoms with Gasteiger partial charge >= 0.3 is 18.3 Å². The highest BCUT2D eigenvalue weighted by molar-refractivity contribution is 5.72.